The summed E-state index contributed by atoms with van der Waals surface area (Å²) in [5.41, 5.74) is 6.45. The third-order valence-corrected chi connectivity index (χ3v) is 11.7. The van der Waals surface area contributed by atoms with Crippen molar-refractivity contribution in [1.82, 2.24) is 0 Å². The summed E-state index contributed by atoms with van der Waals surface area (Å²) >= 11 is 0. The van der Waals surface area contributed by atoms with Crippen molar-refractivity contribution in [2.75, 3.05) is 0 Å². The smallest absolute Gasteiger partial charge is 0.0577 e. The predicted molar refractivity (Wildman–Crippen MR) is 155 cm³/mol. The molecule has 0 saturated heterocycles. The fourth-order valence-corrected chi connectivity index (χ4v) is 9.72. The SMILES string of the molecule is CC(CC=C(c1ccccc1)c1ccccc1)[C@H]1CCC2C3CC=C4C[C@@H](O)CC[C@]4(C)C3CC[C@@]21C. The zero-order valence-electron chi connectivity index (χ0n) is 23.2. The highest BCUT2D eigenvalue weighted by Crippen LogP contribution is 2.67. The van der Waals surface area contributed by atoms with Crippen molar-refractivity contribution in [2.45, 2.75) is 84.7 Å². The van der Waals surface area contributed by atoms with Gasteiger partial charge >= 0.3 is 0 Å². The van der Waals surface area contributed by atoms with Gasteiger partial charge in [0.05, 0.1) is 6.10 Å². The van der Waals surface area contributed by atoms with E-state index in [0.29, 0.717) is 16.7 Å². The predicted octanol–water partition coefficient (Wildman–Crippen LogP) is 9.08. The number of aliphatic hydroxyl groups excluding tert-OH is 1. The largest absolute Gasteiger partial charge is 0.393 e. The summed E-state index contributed by atoms with van der Waals surface area (Å²) in [6.45, 7) is 7.77. The van der Waals surface area contributed by atoms with E-state index in [1.807, 2.05) is 0 Å². The molecule has 0 aliphatic heterocycles. The lowest BCUT2D eigenvalue weighted by molar-refractivity contribution is -0.0565. The minimum atomic E-state index is -0.105. The molecule has 1 N–H and O–H groups in total. The van der Waals surface area contributed by atoms with Crippen LogP contribution in [0, 0.1) is 40.4 Å². The van der Waals surface area contributed by atoms with Crippen LogP contribution in [0.15, 0.2) is 78.4 Å². The summed E-state index contributed by atoms with van der Waals surface area (Å²) in [6.07, 6.45) is 16.2. The average molecular weight is 495 g/mol. The van der Waals surface area contributed by atoms with Crippen LogP contribution in [0.2, 0.25) is 0 Å². The third kappa shape index (κ3) is 4.36. The quantitative estimate of drug-likeness (QED) is 0.411. The molecule has 0 spiro atoms. The van der Waals surface area contributed by atoms with Crippen LogP contribution in [0.5, 0.6) is 0 Å². The van der Waals surface area contributed by atoms with Crippen LogP contribution in [-0.2, 0) is 0 Å². The van der Waals surface area contributed by atoms with Crippen LogP contribution in [0.1, 0.15) is 89.7 Å². The fraction of sp³-hybridized carbons (Fsp3) is 0.556. The van der Waals surface area contributed by atoms with Gasteiger partial charge in [-0.3, -0.25) is 0 Å². The van der Waals surface area contributed by atoms with Gasteiger partial charge in [0.2, 0.25) is 0 Å². The summed E-state index contributed by atoms with van der Waals surface area (Å²) in [4.78, 5) is 0. The Morgan fingerprint density at radius 1 is 0.892 bits per heavy atom. The Labute approximate surface area is 225 Å². The fourth-order valence-electron chi connectivity index (χ4n) is 9.72. The second-order valence-electron chi connectivity index (χ2n) is 13.4. The van der Waals surface area contributed by atoms with E-state index in [1.165, 1.54) is 55.2 Å². The molecule has 0 radical (unpaired) electrons. The zero-order chi connectivity index (χ0) is 25.6. The van der Waals surface area contributed by atoms with Gasteiger partial charge in [-0.05, 0) is 115 Å². The Kier molecular flexibility index (Phi) is 6.72. The van der Waals surface area contributed by atoms with Gasteiger partial charge in [0.25, 0.3) is 0 Å². The van der Waals surface area contributed by atoms with Crippen molar-refractivity contribution in [3.8, 4) is 0 Å². The van der Waals surface area contributed by atoms with E-state index in [0.717, 1.165) is 42.9 Å². The summed E-state index contributed by atoms with van der Waals surface area (Å²) in [7, 11) is 0. The lowest BCUT2D eigenvalue weighted by atomic mass is 9.47. The van der Waals surface area contributed by atoms with Crippen LogP contribution in [0.3, 0.4) is 0 Å². The summed E-state index contributed by atoms with van der Waals surface area (Å²) in [6, 6.07) is 21.9. The highest BCUT2D eigenvalue weighted by molar-refractivity contribution is 5.79. The van der Waals surface area contributed by atoms with E-state index in [1.54, 1.807) is 5.57 Å². The Morgan fingerprint density at radius 3 is 2.24 bits per heavy atom. The molecular weight excluding hydrogens is 448 g/mol. The number of fused-ring (bicyclic) bond motifs is 5. The van der Waals surface area contributed by atoms with Crippen LogP contribution < -0.4 is 0 Å². The van der Waals surface area contributed by atoms with E-state index in [2.05, 4.69) is 93.6 Å². The number of rotatable bonds is 5. The van der Waals surface area contributed by atoms with Crippen molar-refractivity contribution in [3.63, 3.8) is 0 Å². The zero-order valence-corrected chi connectivity index (χ0v) is 23.2. The molecule has 3 fully saturated rings. The van der Waals surface area contributed by atoms with Crippen molar-refractivity contribution >= 4 is 5.57 Å². The molecule has 4 aliphatic rings. The number of hydrogen-bond acceptors (Lipinski definition) is 1. The monoisotopic (exact) mass is 494 g/mol. The van der Waals surface area contributed by atoms with E-state index in [-0.39, 0.29) is 6.10 Å². The molecule has 196 valence electrons. The molecule has 1 heteroatoms. The van der Waals surface area contributed by atoms with Crippen molar-refractivity contribution in [3.05, 3.63) is 89.5 Å². The first-order valence-corrected chi connectivity index (χ1v) is 15.1. The maximum Gasteiger partial charge on any atom is 0.0577 e. The molecule has 0 bridgehead atoms. The number of aliphatic hydroxyl groups is 1. The molecule has 37 heavy (non-hydrogen) atoms. The number of hydrogen-bond donors (Lipinski definition) is 1. The molecule has 1 nitrogen and oxygen atoms in total. The molecule has 0 amide bonds. The standard InChI is InChI=1S/C36H46O/c1-25(14-16-30(26-10-6-4-7-11-26)27-12-8-5-9-13-27)32-18-19-33-31-17-15-28-24-29(37)20-22-35(28,2)34(31)21-23-36(32,33)3/h4-13,15-16,25,29,31-34,37H,14,17-24H2,1-3H3/t25?,29-,31?,32+,33?,34?,35-,36+/m0/s1. The van der Waals surface area contributed by atoms with Gasteiger partial charge in [0.1, 0.15) is 0 Å². The third-order valence-electron chi connectivity index (χ3n) is 11.7. The molecule has 4 unspecified atom stereocenters. The van der Waals surface area contributed by atoms with E-state index in [9.17, 15) is 5.11 Å². The van der Waals surface area contributed by atoms with Crippen LogP contribution >= 0.6 is 0 Å². The molecular formula is C36H46O. The molecule has 3 saturated carbocycles. The Bertz CT molecular complexity index is 1100. The normalized spacial score (nSPS) is 37.5. The van der Waals surface area contributed by atoms with Crippen molar-refractivity contribution in [1.29, 1.82) is 0 Å². The molecule has 2 aromatic rings. The van der Waals surface area contributed by atoms with Gasteiger partial charge < -0.3 is 5.11 Å². The Hall–Kier alpha value is -2.12. The second kappa shape index (κ2) is 9.88. The van der Waals surface area contributed by atoms with Gasteiger partial charge in [-0.2, -0.15) is 0 Å². The first-order chi connectivity index (χ1) is 17.9. The first-order valence-electron chi connectivity index (χ1n) is 15.1. The van der Waals surface area contributed by atoms with Gasteiger partial charge in [-0.25, -0.2) is 0 Å². The molecule has 2 aromatic carbocycles. The highest BCUT2D eigenvalue weighted by Gasteiger charge is 2.59. The van der Waals surface area contributed by atoms with E-state index >= 15 is 0 Å². The van der Waals surface area contributed by atoms with Crippen molar-refractivity contribution in [2.24, 2.45) is 40.4 Å². The number of allylic oxidation sites excluding steroid dienone is 2. The van der Waals surface area contributed by atoms with Crippen molar-refractivity contribution < 1.29 is 5.11 Å². The second-order valence-corrected chi connectivity index (χ2v) is 13.4. The van der Waals surface area contributed by atoms with E-state index < -0.39 is 0 Å². The highest BCUT2D eigenvalue weighted by atomic mass is 16.3. The molecule has 4 aliphatic carbocycles. The number of benzene rings is 2. The Morgan fingerprint density at radius 2 is 1.57 bits per heavy atom. The molecule has 6 rings (SSSR count). The lowest BCUT2D eigenvalue weighted by Crippen LogP contribution is -2.50. The van der Waals surface area contributed by atoms with Gasteiger partial charge in [-0.15, -0.1) is 0 Å². The van der Waals surface area contributed by atoms with E-state index in [4.69, 9.17) is 0 Å². The maximum absolute atomic E-state index is 10.3. The molecule has 0 aromatic heterocycles. The average Bonchev–Trinajstić information content (AvgIpc) is 3.28. The minimum absolute atomic E-state index is 0.105. The first kappa shape index (κ1) is 25.2. The van der Waals surface area contributed by atoms with Gasteiger partial charge in [-0.1, -0.05) is 99.2 Å². The molecule has 0 heterocycles. The van der Waals surface area contributed by atoms with Crippen LogP contribution in [0.25, 0.3) is 5.57 Å². The topological polar surface area (TPSA) is 20.2 Å². The van der Waals surface area contributed by atoms with Gasteiger partial charge in [0.15, 0.2) is 0 Å². The lowest BCUT2D eigenvalue weighted by Gasteiger charge is -2.58. The summed E-state index contributed by atoms with van der Waals surface area (Å²) in [5, 5.41) is 10.3. The maximum atomic E-state index is 10.3. The summed E-state index contributed by atoms with van der Waals surface area (Å²) in [5.74, 6) is 4.05. The Balaban J connectivity index is 1.22. The summed E-state index contributed by atoms with van der Waals surface area (Å²) < 4.78 is 0. The van der Waals surface area contributed by atoms with Crippen LogP contribution in [0.4, 0.5) is 0 Å². The minimum Gasteiger partial charge on any atom is -0.393 e. The van der Waals surface area contributed by atoms with Gasteiger partial charge in [0, 0.05) is 0 Å². The molecule has 8 atom stereocenters. The van der Waals surface area contributed by atoms with Crippen LogP contribution in [-0.4, -0.2) is 11.2 Å².